The van der Waals surface area contributed by atoms with Gasteiger partial charge in [-0.05, 0) is 43.0 Å². The molecule has 1 fully saturated rings. The highest BCUT2D eigenvalue weighted by molar-refractivity contribution is 6.14. The molecule has 1 saturated carbocycles. The minimum absolute atomic E-state index is 0.0115. The highest BCUT2D eigenvalue weighted by Gasteiger charge is 2.40. The zero-order chi connectivity index (χ0) is 26.3. The summed E-state index contributed by atoms with van der Waals surface area (Å²) < 4.78 is 79.4. The summed E-state index contributed by atoms with van der Waals surface area (Å²) in [4.78, 5) is 32.2. The maximum atomic E-state index is 13.5. The Labute approximate surface area is 203 Å². The van der Waals surface area contributed by atoms with Crippen molar-refractivity contribution in [3.63, 3.8) is 0 Å². The SMILES string of the molecule is CCCN1C(=O)[C@@H](NC(=O)Cc2ccc(C(F)(F)F)cc2C(F)(F)F)N=C(C2CC2)c2ccccc21. The number of carbonyl (C=O) groups excluding carboxylic acids is 2. The number of hydrogen-bond donors (Lipinski definition) is 1. The zero-order valence-electron chi connectivity index (χ0n) is 19.2. The molecule has 0 aromatic heterocycles. The standard InChI is InChI=1S/C25H23F6N3O2/c1-2-11-34-19-6-4-3-5-17(19)21(14-7-8-14)33-22(23(34)36)32-20(35)12-15-9-10-16(24(26,27)28)13-18(15)25(29,30)31/h3-6,9-10,13-14,22H,2,7-8,11-12H2,1H3,(H,32,35)/t22-/m0/s1. The Morgan fingerprint density at radius 1 is 1.06 bits per heavy atom. The Morgan fingerprint density at radius 3 is 2.36 bits per heavy atom. The van der Waals surface area contributed by atoms with E-state index in [1.165, 1.54) is 4.90 Å². The van der Waals surface area contributed by atoms with Gasteiger partial charge in [-0.3, -0.25) is 14.6 Å². The molecule has 2 aliphatic rings. The van der Waals surface area contributed by atoms with Crippen LogP contribution in [0.4, 0.5) is 32.0 Å². The van der Waals surface area contributed by atoms with E-state index in [2.05, 4.69) is 10.3 Å². The summed E-state index contributed by atoms with van der Waals surface area (Å²) in [7, 11) is 0. The monoisotopic (exact) mass is 511 g/mol. The Kier molecular flexibility index (Phi) is 6.85. The fraction of sp³-hybridized carbons (Fsp3) is 0.400. The second-order valence-corrected chi connectivity index (χ2v) is 8.81. The normalized spacial score (nSPS) is 18.4. The molecule has 2 aromatic rings. The number of benzodiazepines with no additional fused rings is 1. The van der Waals surface area contributed by atoms with E-state index in [-0.39, 0.29) is 12.0 Å². The fourth-order valence-corrected chi connectivity index (χ4v) is 4.23. The van der Waals surface area contributed by atoms with Crippen LogP contribution in [0.1, 0.15) is 48.4 Å². The Balaban J connectivity index is 1.64. The molecule has 2 amide bonds. The molecule has 36 heavy (non-hydrogen) atoms. The van der Waals surface area contributed by atoms with E-state index in [9.17, 15) is 35.9 Å². The smallest absolute Gasteiger partial charge is 0.326 e. The van der Waals surface area contributed by atoms with Gasteiger partial charge in [0.1, 0.15) is 0 Å². The van der Waals surface area contributed by atoms with Gasteiger partial charge in [0.2, 0.25) is 12.1 Å². The first-order valence-electron chi connectivity index (χ1n) is 11.4. The van der Waals surface area contributed by atoms with Gasteiger partial charge in [-0.25, -0.2) is 0 Å². The van der Waals surface area contributed by atoms with Crippen LogP contribution in [0, 0.1) is 5.92 Å². The van der Waals surface area contributed by atoms with Crippen LogP contribution in [0.15, 0.2) is 47.5 Å². The largest absolute Gasteiger partial charge is 0.416 e. The first-order valence-corrected chi connectivity index (χ1v) is 11.4. The summed E-state index contributed by atoms with van der Waals surface area (Å²) in [5.41, 5.74) is -1.59. The summed E-state index contributed by atoms with van der Waals surface area (Å²) in [5, 5.41) is 2.41. The van der Waals surface area contributed by atoms with Crippen LogP contribution in [0.3, 0.4) is 0 Å². The summed E-state index contributed by atoms with van der Waals surface area (Å²) in [5.74, 6) is -1.39. The lowest BCUT2D eigenvalue weighted by Crippen LogP contribution is -2.48. The summed E-state index contributed by atoms with van der Waals surface area (Å²) in [6.07, 6.45) is -9.99. The molecule has 5 nitrogen and oxygen atoms in total. The van der Waals surface area contributed by atoms with Crippen LogP contribution in [0.2, 0.25) is 0 Å². The van der Waals surface area contributed by atoms with Crippen molar-refractivity contribution in [2.75, 3.05) is 11.4 Å². The second kappa shape index (κ2) is 9.59. The summed E-state index contributed by atoms with van der Waals surface area (Å²) >= 11 is 0. The Morgan fingerprint density at radius 2 is 1.75 bits per heavy atom. The molecule has 1 N–H and O–H groups in total. The van der Waals surface area contributed by atoms with Gasteiger partial charge in [0.25, 0.3) is 5.91 Å². The van der Waals surface area contributed by atoms with Crippen molar-refractivity contribution in [1.29, 1.82) is 0 Å². The van der Waals surface area contributed by atoms with Gasteiger partial charge in [-0.2, -0.15) is 26.3 Å². The van der Waals surface area contributed by atoms with Crippen molar-refractivity contribution in [3.8, 4) is 0 Å². The first-order chi connectivity index (χ1) is 16.9. The van der Waals surface area contributed by atoms with Gasteiger partial charge < -0.3 is 10.2 Å². The van der Waals surface area contributed by atoms with Crippen molar-refractivity contribution in [2.24, 2.45) is 10.9 Å². The number of alkyl halides is 6. The lowest BCUT2D eigenvalue weighted by molar-refractivity contribution is -0.143. The quantitative estimate of drug-likeness (QED) is 0.531. The molecule has 0 unspecified atom stereocenters. The molecule has 11 heteroatoms. The number of anilines is 1. The number of nitrogens with zero attached hydrogens (tertiary/aromatic N) is 2. The number of amides is 2. The Hall–Kier alpha value is -3.37. The number of hydrogen-bond acceptors (Lipinski definition) is 3. The van der Waals surface area contributed by atoms with Crippen LogP contribution in [0.5, 0.6) is 0 Å². The minimum Gasteiger partial charge on any atom is -0.326 e. The van der Waals surface area contributed by atoms with E-state index in [1.54, 1.807) is 12.1 Å². The van der Waals surface area contributed by atoms with Gasteiger partial charge in [-0.1, -0.05) is 31.2 Å². The topological polar surface area (TPSA) is 61.8 Å². The molecule has 1 aliphatic carbocycles. The molecule has 1 atom stereocenters. The van der Waals surface area contributed by atoms with Crippen molar-refractivity contribution >= 4 is 23.2 Å². The number of para-hydroxylation sites is 1. The van der Waals surface area contributed by atoms with Crippen LogP contribution < -0.4 is 10.2 Å². The van der Waals surface area contributed by atoms with Gasteiger partial charge in [0.05, 0.1) is 28.9 Å². The molecule has 4 rings (SSSR count). The number of carbonyl (C=O) groups is 2. The third kappa shape index (κ3) is 5.39. The molecule has 1 aliphatic heterocycles. The first kappa shape index (κ1) is 25.7. The number of aliphatic imine (C=N–C) groups is 1. The molecule has 0 radical (unpaired) electrons. The van der Waals surface area contributed by atoms with Crippen molar-refractivity contribution < 1.29 is 35.9 Å². The van der Waals surface area contributed by atoms with Crippen molar-refractivity contribution in [1.82, 2.24) is 5.32 Å². The van der Waals surface area contributed by atoms with Gasteiger partial charge in [-0.15, -0.1) is 0 Å². The van der Waals surface area contributed by atoms with Crippen LogP contribution >= 0.6 is 0 Å². The summed E-state index contributed by atoms with van der Waals surface area (Å²) in [6, 6.07) is 8.33. The van der Waals surface area contributed by atoms with Gasteiger partial charge in [0.15, 0.2) is 0 Å². The van der Waals surface area contributed by atoms with Crippen LogP contribution in [0.25, 0.3) is 0 Å². The van der Waals surface area contributed by atoms with E-state index in [4.69, 9.17) is 0 Å². The van der Waals surface area contributed by atoms with Gasteiger partial charge >= 0.3 is 12.4 Å². The number of benzene rings is 2. The maximum absolute atomic E-state index is 13.5. The average Bonchev–Trinajstić information content (AvgIpc) is 3.64. The number of fused-ring (bicyclic) bond motifs is 1. The predicted molar refractivity (Wildman–Crippen MR) is 120 cm³/mol. The molecule has 1 heterocycles. The molecule has 0 bridgehead atoms. The van der Waals surface area contributed by atoms with E-state index in [0.717, 1.165) is 18.4 Å². The number of nitrogens with one attached hydrogen (secondary N) is 1. The van der Waals surface area contributed by atoms with Crippen LogP contribution in [-0.2, 0) is 28.4 Å². The van der Waals surface area contributed by atoms with Gasteiger partial charge in [0, 0.05) is 18.0 Å². The highest BCUT2D eigenvalue weighted by atomic mass is 19.4. The maximum Gasteiger partial charge on any atom is 0.416 e. The summed E-state index contributed by atoms with van der Waals surface area (Å²) in [6.45, 7) is 2.22. The predicted octanol–water partition coefficient (Wildman–Crippen LogP) is 5.36. The molecule has 2 aromatic carbocycles. The lowest BCUT2D eigenvalue weighted by Gasteiger charge is -2.25. The van der Waals surface area contributed by atoms with Crippen molar-refractivity contribution in [2.45, 2.75) is 51.1 Å². The third-order valence-electron chi connectivity index (χ3n) is 6.04. The van der Waals surface area contributed by atoms with E-state index >= 15 is 0 Å². The van der Waals surface area contributed by atoms with Crippen LogP contribution in [-0.4, -0.2) is 30.2 Å². The molecule has 0 spiro atoms. The van der Waals surface area contributed by atoms with E-state index < -0.39 is 53.4 Å². The number of rotatable bonds is 6. The highest BCUT2D eigenvalue weighted by Crippen LogP contribution is 2.39. The third-order valence-corrected chi connectivity index (χ3v) is 6.04. The number of halogens is 6. The second-order valence-electron chi connectivity index (χ2n) is 8.81. The molecular weight excluding hydrogens is 488 g/mol. The zero-order valence-corrected chi connectivity index (χ0v) is 19.2. The molecule has 192 valence electrons. The molecule has 0 saturated heterocycles. The minimum atomic E-state index is -5.11. The van der Waals surface area contributed by atoms with Crippen molar-refractivity contribution in [3.05, 3.63) is 64.7 Å². The lowest BCUT2D eigenvalue weighted by atomic mass is 10.00. The van der Waals surface area contributed by atoms with E-state index in [1.807, 2.05) is 19.1 Å². The molecular formula is C25H23F6N3O2. The fourth-order valence-electron chi connectivity index (χ4n) is 4.23. The Bertz CT molecular complexity index is 1200. The average molecular weight is 511 g/mol. The van der Waals surface area contributed by atoms with E-state index in [0.29, 0.717) is 36.5 Å².